The van der Waals surface area contributed by atoms with E-state index < -0.39 is 0 Å². The molecule has 0 spiro atoms. The molecule has 3 heterocycles. The largest absolute Gasteiger partial charge is 0.331 e. The number of benzene rings is 1. The smallest absolute Gasteiger partial charge is 0.306 e. The van der Waals surface area contributed by atoms with Crippen LogP contribution in [0.4, 0.5) is 10.8 Å². The molecule has 0 saturated heterocycles. The van der Waals surface area contributed by atoms with Crippen molar-refractivity contribution in [1.29, 1.82) is 0 Å². The van der Waals surface area contributed by atoms with Crippen molar-refractivity contribution in [2.45, 2.75) is 5.92 Å². The topological polar surface area (TPSA) is 77.8 Å². The first kappa shape index (κ1) is 11.7. The van der Waals surface area contributed by atoms with Gasteiger partial charge in [0.1, 0.15) is 10.8 Å². The summed E-state index contributed by atoms with van der Waals surface area (Å²) in [5.41, 5.74) is 1.88. The van der Waals surface area contributed by atoms with Gasteiger partial charge in [0.05, 0.1) is 16.5 Å². The molecule has 0 fully saturated rings. The summed E-state index contributed by atoms with van der Waals surface area (Å²) in [5, 5.41) is 3.89. The lowest BCUT2D eigenvalue weighted by atomic mass is 9.92. The maximum absolute atomic E-state index is 11.6. The van der Waals surface area contributed by atoms with E-state index in [1.807, 2.05) is 30.3 Å². The van der Waals surface area contributed by atoms with Crippen molar-refractivity contribution in [2.24, 2.45) is 0 Å². The van der Waals surface area contributed by atoms with Crippen LogP contribution >= 0.6 is 22.7 Å². The Bertz CT molecular complexity index is 834. The van der Waals surface area contributed by atoms with Crippen LogP contribution in [-0.2, 0) is 0 Å². The van der Waals surface area contributed by atoms with Gasteiger partial charge in [0.2, 0.25) is 0 Å². The van der Waals surface area contributed by atoms with Crippen molar-refractivity contribution in [3.63, 3.8) is 0 Å². The summed E-state index contributed by atoms with van der Waals surface area (Å²) < 4.78 is 0. The third-order valence-electron chi connectivity index (χ3n) is 3.27. The van der Waals surface area contributed by atoms with Crippen LogP contribution in [0.3, 0.4) is 0 Å². The molecule has 1 aliphatic rings. The zero-order valence-electron chi connectivity index (χ0n) is 10.1. The van der Waals surface area contributed by atoms with Crippen LogP contribution in [0.25, 0.3) is 0 Å². The molecule has 0 amide bonds. The predicted octanol–water partition coefficient (Wildman–Crippen LogP) is 2.42. The second kappa shape index (κ2) is 4.19. The van der Waals surface area contributed by atoms with E-state index >= 15 is 0 Å². The number of hydrogen-bond donors (Lipinski definition) is 3. The average molecular weight is 303 g/mol. The molecular weight excluding hydrogens is 294 g/mol. The van der Waals surface area contributed by atoms with E-state index in [2.05, 4.69) is 15.3 Å². The molecule has 0 aliphatic carbocycles. The molecule has 1 unspecified atom stereocenters. The van der Waals surface area contributed by atoms with Crippen molar-refractivity contribution in [3.05, 3.63) is 65.8 Å². The number of anilines is 2. The average Bonchev–Trinajstić information content (AvgIpc) is 2.97. The maximum atomic E-state index is 11.6. The fraction of sp³-hybridized carbons (Fsp3) is 0.0769. The number of thiazole rings is 2. The fourth-order valence-corrected chi connectivity index (χ4v) is 4.19. The molecule has 5 nitrogen and oxygen atoms in total. The quantitative estimate of drug-likeness (QED) is 0.505. The van der Waals surface area contributed by atoms with Crippen molar-refractivity contribution in [1.82, 2.24) is 9.97 Å². The second-order valence-electron chi connectivity index (χ2n) is 4.48. The normalized spacial score (nSPS) is 16.3. The number of hydrogen-bond acceptors (Lipinski definition) is 5. The Balaban J connectivity index is 2.01. The Kier molecular flexibility index (Phi) is 2.45. The van der Waals surface area contributed by atoms with Crippen LogP contribution in [0.1, 0.15) is 22.1 Å². The molecule has 3 aromatic rings. The summed E-state index contributed by atoms with van der Waals surface area (Å²) in [6, 6.07) is 9.86. The minimum absolute atomic E-state index is 0.0964. The number of aromatic amines is 2. The molecule has 20 heavy (non-hydrogen) atoms. The summed E-state index contributed by atoms with van der Waals surface area (Å²) in [4.78, 5) is 29.6. The lowest BCUT2D eigenvalue weighted by molar-refractivity contribution is 0.932. The van der Waals surface area contributed by atoms with Gasteiger partial charge in [0.15, 0.2) is 0 Å². The van der Waals surface area contributed by atoms with Crippen molar-refractivity contribution >= 4 is 33.5 Å². The van der Waals surface area contributed by atoms with Crippen LogP contribution in [0.5, 0.6) is 0 Å². The predicted molar refractivity (Wildman–Crippen MR) is 80.5 cm³/mol. The molecule has 4 rings (SSSR count). The molecule has 2 aromatic heterocycles. The van der Waals surface area contributed by atoms with E-state index in [1.54, 1.807) is 0 Å². The van der Waals surface area contributed by atoms with Gasteiger partial charge in [-0.15, -0.1) is 0 Å². The standard InChI is InChI=1S/C13H9N3O2S2/c17-12-14-8-7(6-4-2-1-3-5-6)9-10(15-11(8)20-12)16-13(18)19-9/h1-5,7,15H,(H,14,17)(H,16,18). The first-order valence-corrected chi connectivity index (χ1v) is 7.63. The number of fused-ring (bicyclic) bond motifs is 2. The summed E-state index contributed by atoms with van der Waals surface area (Å²) in [6.07, 6.45) is 0. The van der Waals surface area contributed by atoms with Gasteiger partial charge in [0.25, 0.3) is 0 Å². The molecule has 7 heteroatoms. The van der Waals surface area contributed by atoms with Gasteiger partial charge in [-0.1, -0.05) is 53.0 Å². The van der Waals surface area contributed by atoms with Crippen molar-refractivity contribution in [2.75, 3.05) is 5.32 Å². The molecule has 0 radical (unpaired) electrons. The Morgan fingerprint density at radius 2 is 1.70 bits per heavy atom. The monoisotopic (exact) mass is 303 g/mol. The number of nitrogens with one attached hydrogen (secondary N) is 3. The van der Waals surface area contributed by atoms with Gasteiger partial charge in [-0.3, -0.25) is 14.6 Å². The number of H-pyrrole nitrogens is 2. The van der Waals surface area contributed by atoms with E-state index in [0.717, 1.165) is 32.5 Å². The van der Waals surface area contributed by atoms with Crippen LogP contribution < -0.4 is 15.1 Å². The first-order chi connectivity index (χ1) is 9.72. The maximum Gasteiger partial charge on any atom is 0.306 e. The molecule has 1 atom stereocenters. The second-order valence-corrected chi connectivity index (χ2v) is 6.48. The highest BCUT2D eigenvalue weighted by Gasteiger charge is 2.31. The Labute approximate surface area is 120 Å². The first-order valence-electron chi connectivity index (χ1n) is 6.00. The van der Waals surface area contributed by atoms with E-state index in [0.29, 0.717) is 5.82 Å². The minimum atomic E-state index is -0.106. The summed E-state index contributed by atoms with van der Waals surface area (Å²) in [5.74, 6) is 0.585. The van der Waals surface area contributed by atoms with Crippen molar-refractivity contribution < 1.29 is 0 Å². The summed E-state index contributed by atoms with van der Waals surface area (Å²) in [6.45, 7) is 0. The van der Waals surface area contributed by atoms with E-state index in [9.17, 15) is 9.59 Å². The van der Waals surface area contributed by atoms with Gasteiger partial charge >= 0.3 is 9.75 Å². The third kappa shape index (κ3) is 1.67. The van der Waals surface area contributed by atoms with Crippen LogP contribution in [0, 0.1) is 0 Å². The highest BCUT2D eigenvalue weighted by atomic mass is 32.1. The molecule has 1 aliphatic heterocycles. The molecule has 3 N–H and O–H groups in total. The minimum Gasteiger partial charge on any atom is -0.331 e. The fourth-order valence-electron chi connectivity index (χ4n) is 2.48. The third-order valence-corrected chi connectivity index (χ3v) is 5.04. The molecular formula is C13H9N3O2S2. The van der Waals surface area contributed by atoms with Gasteiger partial charge in [-0.05, 0) is 5.56 Å². The van der Waals surface area contributed by atoms with Crippen LogP contribution in [0.2, 0.25) is 0 Å². The lowest BCUT2D eigenvalue weighted by Crippen LogP contribution is -2.12. The number of rotatable bonds is 1. The SMILES string of the molecule is O=c1[nH]c2c(s1)Nc1[nH]c(=O)sc1C2c1ccccc1. The van der Waals surface area contributed by atoms with Gasteiger partial charge in [0, 0.05) is 0 Å². The Morgan fingerprint density at radius 3 is 2.50 bits per heavy atom. The molecule has 1 aromatic carbocycles. The molecule has 100 valence electrons. The van der Waals surface area contributed by atoms with Crippen LogP contribution in [0.15, 0.2) is 39.9 Å². The van der Waals surface area contributed by atoms with E-state index in [1.165, 1.54) is 11.3 Å². The Hall–Kier alpha value is -2.12. The summed E-state index contributed by atoms with van der Waals surface area (Å²) in [7, 11) is 0. The van der Waals surface area contributed by atoms with E-state index in [4.69, 9.17) is 0 Å². The Morgan fingerprint density at radius 1 is 0.950 bits per heavy atom. The zero-order chi connectivity index (χ0) is 13.7. The van der Waals surface area contributed by atoms with Gasteiger partial charge in [-0.2, -0.15) is 0 Å². The lowest BCUT2D eigenvalue weighted by Gasteiger charge is -2.22. The molecule has 0 bridgehead atoms. The number of aromatic nitrogens is 2. The highest BCUT2D eigenvalue weighted by molar-refractivity contribution is 7.14. The van der Waals surface area contributed by atoms with Gasteiger partial charge < -0.3 is 10.3 Å². The van der Waals surface area contributed by atoms with E-state index in [-0.39, 0.29) is 15.7 Å². The zero-order valence-corrected chi connectivity index (χ0v) is 11.7. The van der Waals surface area contributed by atoms with Gasteiger partial charge in [-0.25, -0.2) is 0 Å². The highest BCUT2D eigenvalue weighted by Crippen LogP contribution is 2.45. The molecule has 0 saturated carbocycles. The van der Waals surface area contributed by atoms with Crippen LogP contribution in [-0.4, -0.2) is 9.97 Å². The van der Waals surface area contributed by atoms with Crippen molar-refractivity contribution in [3.8, 4) is 0 Å². The summed E-state index contributed by atoms with van der Waals surface area (Å²) >= 11 is 2.30.